The van der Waals surface area contributed by atoms with Crippen molar-refractivity contribution >= 4 is 23.6 Å². The Kier molecular flexibility index (Phi) is 5.54. The number of hydrogen-bond donors (Lipinski definition) is 2. The number of aromatic hydroxyl groups is 1. The highest BCUT2D eigenvalue weighted by Crippen LogP contribution is 2.30. The molecule has 0 amide bonds. The molecule has 29 heavy (non-hydrogen) atoms. The maximum absolute atomic E-state index is 12.8. The van der Waals surface area contributed by atoms with Crippen LogP contribution in [0.5, 0.6) is 5.75 Å². The molecule has 0 fully saturated rings. The third-order valence-electron chi connectivity index (χ3n) is 3.92. The van der Waals surface area contributed by atoms with E-state index in [2.05, 4.69) is 10.1 Å². The van der Waals surface area contributed by atoms with E-state index in [4.69, 9.17) is 4.74 Å². The van der Waals surface area contributed by atoms with E-state index in [9.17, 15) is 24.8 Å². The van der Waals surface area contributed by atoms with Crippen LogP contribution in [0.1, 0.15) is 23.0 Å². The van der Waals surface area contributed by atoms with Crippen LogP contribution in [0.2, 0.25) is 0 Å². The normalized spacial score (nSPS) is 10.9. The molecule has 10 heteroatoms. The van der Waals surface area contributed by atoms with Gasteiger partial charge < -0.3 is 9.84 Å². The van der Waals surface area contributed by atoms with Gasteiger partial charge in [0.25, 0.3) is 11.2 Å². The molecule has 1 heterocycles. The number of phenolic OH excluding ortho intramolecular Hbond substituents is 1. The first-order valence-corrected chi connectivity index (χ1v) is 8.51. The average molecular weight is 396 g/mol. The minimum absolute atomic E-state index is 0.00253. The van der Waals surface area contributed by atoms with Gasteiger partial charge in [-0.25, -0.2) is 9.48 Å². The molecule has 0 atom stereocenters. The van der Waals surface area contributed by atoms with E-state index < -0.39 is 22.2 Å². The lowest BCUT2D eigenvalue weighted by atomic mass is 10.2. The molecule has 0 spiro atoms. The Morgan fingerprint density at radius 2 is 2.03 bits per heavy atom. The molecule has 0 aliphatic rings. The molecule has 3 rings (SSSR count). The number of nitrogens with zero attached hydrogens (tertiary/aromatic N) is 3. The number of aliphatic imine (C=N–C) groups is 1. The number of benzene rings is 2. The van der Waals surface area contributed by atoms with Gasteiger partial charge in [-0.3, -0.25) is 25.0 Å². The average Bonchev–Trinajstić information content (AvgIpc) is 3.04. The summed E-state index contributed by atoms with van der Waals surface area (Å²) in [6.07, 6.45) is 1.10. The number of nitro benzene ring substituents is 1. The van der Waals surface area contributed by atoms with Crippen molar-refractivity contribution in [1.29, 1.82) is 0 Å². The van der Waals surface area contributed by atoms with Gasteiger partial charge in [-0.05, 0) is 25.1 Å². The summed E-state index contributed by atoms with van der Waals surface area (Å²) in [5.74, 6) is -1.18. The Morgan fingerprint density at radius 3 is 2.66 bits per heavy atom. The van der Waals surface area contributed by atoms with Gasteiger partial charge in [-0.1, -0.05) is 18.2 Å². The standard InChI is InChI=1S/C19H16N4O6/c1-2-29-19(26)17-14(18(25)22(21-17)12-6-4-3-5-7-12)11-20-15-9-8-13(23(27)28)10-16(15)24/h3-11,21,24H,2H2,1H3. The zero-order valence-electron chi connectivity index (χ0n) is 15.2. The van der Waals surface area contributed by atoms with E-state index in [1.54, 1.807) is 37.3 Å². The number of nitro groups is 1. The van der Waals surface area contributed by atoms with Crippen LogP contribution in [-0.4, -0.2) is 38.6 Å². The Labute approximate surface area is 163 Å². The molecule has 0 unspecified atom stereocenters. The fourth-order valence-corrected chi connectivity index (χ4v) is 2.56. The van der Waals surface area contributed by atoms with Gasteiger partial charge in [0, 0.05) is 12.3 Å². The summed E-state index contributed by atoms with van der Waals surface area (Å²) in [5, 5.41) is 23.4. The number of rotatable bonds is 6. The van der Waals surface area contributed by atoms with Gasteiger partial charge in [0.1, 0.15) is 11.4 Å². The van der Waals surface area contributed by atoms with Gasteiger partial charge >= 0.3 is 5.97 Å². The maximum atomic E-state index is 12.8. The fraction of sp³-hybridized carbons (Fsp3) is 0.105. The number of aromatic amines is 1. The molecule has 0 saturated heterocycles. The van der Waals surface area contributed by atoms with Crippen molar-refractivity contribution < 1.29 is 19.6 Å². The Balaban J connectivity index is 2.07. The first kappa shape index (κ1) is 19.5. The Morgan fingerprint density at radius 1 is 1.31 bits per heavy atom. The van der Waals surface area contributed by atoms with Crippen molar-refractivity contribution in [3.63, 3.8) is 0 Å². The van der Waals surface area contributed by atoms with Crippen LogP contribution in [0.25, 0.3) is 5.69 Å². The van der Waals surface area contributed by atoms with Crippen molar-refractivity contribution in [2.45, 2.75) is 6.92 Å². The number of carbonyl (C=O) groups is 1. The predicted molar refractivity (Wildman–Crippen MR) is 104 cm³/mol. The summed E-state index contributed by atoms with van der Waals surface area (Å²) >= 11 is 0. The van der Waals surface area contributed by atoms with Crippen molar-refractivity contribution in [1.82, 2.24) is 9.78 Å². The number of nitrogens with one attached hydrogen (secondary N) is 1. The molecule has 1 aromatic heterocycles. The van der Waals surface area contributed by atoms with Crippen LogP contribution < -0.4 is 5.56 Å². The van der Waals surface area contributed by atoms with Gasteiger partial charge in [-0.15, -0.1) is 0 Å². The second-order valence-corrected chi connectivity index (χ2v) is 5.79. The highest BCUT2D eigenvalue weighted by molar-refractivity contribution is 5.98. The van der Waals surface area contributed by atoms with Crippen molar-refractivity contribution in [3.8, 4) is 11.4 Å². The lowest BCUT2D eigenvalue weighted by Gasteiger charge is -2.01. The van der Waals surface area contributed by atoms with Crippen molar-refractivity contribution in [2.75, 3.05) is 6.61 Å². The van der Waals surface area contributed by atoms with Gasteiger partial charge in [0.15, 0.2) is 5.69 Å². The first-order valence-electron chi connectivity index (χ1n) is 8.51. The van der Waals surface area contributed by atoms with E-state index in [0.717, 1.165) is 18.3 Å². The van der Waals surface area contributed by atoms with E-state index in [1.165, 1.54) is 10.7 Å². The molecule has 2 aromatic carbocycles. The summed E-state index contributed by atoms with van der Waals surface area (Å²) in [6.45, 7) is 1.74. The number of ether oxygens (including phenoxy) is 1. The molecular formula is C19H16N4O6. The molecule has 148 valence electrons. The molecule has 0 radical (unpaired) electrons. The van der Waals surface area contributed by atoms with E-state index in [-0.39, 0.29) is 29.2 Å². The minimum Gasteiger partial charge on any atom is -0.505 e. The summed E-state index contributed by atoms with van der Waals surface area (Å²) in [6, 6.07) is 11.9. The number of esters is 1. The highest BCUT2D eigenvalue weighted by Gasteiger charge is 2.21. The lowest BCUT2D eigenvalue weighted by Crippen LogP contribution is -2.17. The summed E-state index contributed by atoms with van der Waals surface area (Å²) in [7, 11) is 0. The molecule has 3 aromatic rings. The van der Waals surface area contributed by atoms with Crippen molar-refractivity contribution in [2.24, 2.45) is 4.99 Å². The summed E-state index contributed by atoms with van der Waals surface area (Å²) in [5.41, 5.74) is -0.541. The summed E-state index contributed by atoms with van der Waals surface area (Å²) in [4.78, 5) is 39.2. The Hall–Kier alpha value is -4.21. The largest absolute Gasteiger partial charge is 0.505 e. The second kappa shape index (κ2) is 8.21. The molecule has 0 saturated carbocycles. The molecule has 0 aliphatic carbocycles. The number of phenols is 1. The van der Waals surface area contributed by atoms with Crippen LogP contribution in [0, 0.1) is 10.1 Å². The zero-order chi connectivity index (χ0) is 21.0. The number of non-ortho nitro benzene ring substituents is 1. The number of aromatic nitrogens is 2. The maximum Gasteiger partial charge on any atom is 0.357 e. The van der Waals surface area contributed by atoms with E-state index in [0.29, 0.717) is 5.69 Å². The lowest BCUT2D eigenvalue weighted by molar-refractivity contribution is -0.384. The molecule has 2 N–H and O–H groups in total. The number of hydrogen-bond acceptors (Lipinski definition) is 7. The van der Waals surface area contributed by atoms with Crippen LogP contribution in [0.15, 0.2) is 58.3 Å². The predicted octanol–water partition coefficient (Wildman–Crippen LogP) is 2.71. The van der Waals surface area contributed by atoms with Gasteiger partial charge in [-0.2, -0.15) is 0 Å². The molecule has 0 aliphatic heterocycles. The molecule has 10 nitrogen and oxygen atoms in total. The fourth-order valence-electron chi connectivity index (χ4n) is 2.56. The molecular weight excluding hydrogens is 380 g/mol. The van der Waals surface area contributed by atoms with E-state index in [1.807, 2.05) is 0 Å². The first-order chi connectivity index (χ1) is 13.9. The van der Waals surface area contributed by atoms with Gasteiger partial charge in [0.2, 0.25) is 0 Å². The van der Waals surface area contributed by atoms with Crippen molar-refractivity contribution in [3.05, 3.63) is 80.3 Å². The third-order valence-corrected chi connectivity index (χ3v) is 3.92. The van der Waals surface area contributed by atoms with Crippen LogP contribution in [0.4, 0.5) is 11.4 Å². The van der Waals surface area contributed by atoms with E-state index >= 15 is 0 Å². The quantitative estimate of drug-likeness (QED) is 0.284. The summed E-state index contributed by atoms with van der Waals surface area (Å²) < 4.78 is 6.15. The monoisotopic (exact) mass is 396 g/mol. The zero-order valence-corrected chi connectivity index (χ0v) is 15.2. The Bertz CT molecular complexity index is 1150. The minimum atomic E-state index is -0.742. The smallest absolute Gasteiger partial charge is 0.357 e. The second-order valence-electron chi connectivity index (χ2n) is 5.79. The van der Waals surface area contributed by atoms with Crippen LogP contribution in [0.3, 0.4) is 0 Å². The number of H-pyrrole nitrogens is 1. The molecule has 0 bridgehead atoms. The van der Waals surface area contributed by atoms with Crippen LogP contribution >= 0.6 is 0 Å². The third kappa shape index (κ3) is 4.05. The SMILES string of the molecule is CCOC(=O)c1[nH]n(-c2ccccc2)c(=O)c1C=Nc1ccc([N+](=O)[O-])cc1O. The topological polar surface area (TPSA) is 140 Å². The van der Waals surface area contributed by atoms with Crippen LogP contribution in [-0.2, 0) is 4.74 Å². The van der Waals surface area contributed by atoms with Gasteiger partial charge in [0.05, 0.1) is 28.8 Å². The number of carbonyl (C=O) groups excluding carboxylic acids is 1. The highest BCUT2D eigenvalue weighted by atomic mass is 16.6. The number of para-hydroxylation sites is 1.